The topological polar surface area (TPSA) is 12.0 Å². The van der Waals surface area contributed by atoms with Crippen molar-refractivity contribution in [3.8, 4) is 0 Å². The van der Waals surface area contributed by atoms with Crippen molar-refractivity contribution >= 4 is 5.69 Å². The van der Waals surface area contributed by atoms with E-state index >= 15 is 0 Å². The fraction of sp³-hybridized carbons (Fsp3) is 0.684. The molecule has 112 valence electrons. The zero-order chi connectivity index (χ0) is 14.7. The van der Waals surface area contributed by atoms with E-state index < -0.39 is 0 Å². The van der Waals surface area contributed by atoms with Gasteiger partial charge >= 0.3 is 0 Å². The highest BCUT2D eigenvalue weighted by Crippen LogP contribution is 2.35. The molecule has 1 aliphatic carbocycles. The molecule has 3 unspecified atom stereocenters. The number of hydrogen-bond donors (Lipinski definition) is 1. The zero-order valence-corrected chi connectivity index (χ0v) is 13.8. The molecular formula is C19H31N. The Kier molecular flexibility index (Phi) is 5.12. The van der Waals surface area contributed by atoms with Crippen LogP contribution in [-0.4, -0.2) is 6.04 Å². The van der Waals surface area contributed by atoms with Crippen LogP contribution in [0.4, 0.5) is 5.69 Å². The number of rotatable bonds is 4. The Morgan fingerprint density at radius 2 is 1.85 bits per heavy atom. The molecule has 0 aliphatic heterocycles. The molecule has 3 atom stereocenters. The molecule has 0 spiro atoms. The molecule has 0 amide bonds. The largest absolute Gasteiger partial charge is 0.382 e. The van der Waals surface area contributed by atoms with Crippen molar-refractivity contribution in [1.82, 2.24) is 0 Å². The Labute approximate surface area is 125 Å². The van der Waals surface area contributed by atoms with Crippen molar-refractivity contribution < 1.29 is 0 Å². The van der Waals surface area contributed by atoms with Gasteiger partial charge in [-0.1, -0.05) is 53.2 Å². The normalized spacial score (nSPS) is 27.1. The fourth-order valence-corrected chi connectivity index (χ4v) is 3.57. The summed E-state index contributed by atoms with van der Waals surface area (Å²) in [5, 5.41) is 3.84. The first kappa shape index (κ1) is 15.4. The van der Waals surface area contributed by atoms with Crippen LogP contribution >= 0.6 is 0 Å². The van der Waals surface area contributed by atoms with Crippen molar-refractivity contribution in [2.45, 2.75) is 65.8 Å². The van der Waals surface area contributed by atoms with Gasteiger partial charge in [0, 0.05) is 11.7 Å². The Bertz CT molecular complexity index is 422. The first-order valence-electron chi connectivity index (χ1n) is 8.34. The minimum atomic E-state index is 0.600. The zero-order valence-electron chi connectivity index (χ0n) is 13.8. The summed E-state index contributed by atoms with van der Waals surface area (Å²) in [6, 6.07) is 9.62. The van der Waals surface area contributed by atoms with Gasteiger partial charge in [0.25, 0.3) is 0 Å². The molecule has 1 fully saturated rings. The lowest BCUT2D eigenvalue weighted by atomic mass is 9.74. The second-order valence-corrected chi connectivity index (χ2v) is 7.36. The van der Waals surface area contributed by atoms with Gasteiger partial charge in [0.1, 0.15) is 0 Å². The molecule has 0 saturated heterocycles. The van der Waals surface area contributed by atoms with E-state index in [1.807, 2.05) is 0 Å². The Hall–Kier alpha value is -0.980. The minimum Gasteiger partial charge on any atom is -0.382 e. The predicted octanol–water partition coefficient (Wildman–Crippen LogP) is 5.68. The van der Waals surface area contributed by atoms with Gasteiger partial charge in [-0.15, -0.1) is 0 Å². The van der Waals surface area contributed by atoms with Crippen molar-refractivity contribution in [3.05, 3.63) is 29.8 Å². The second-order valence-electron chi connectivity index (χ2n) is 7.36. The number of benzene rings is 1. The summed E-state index contributed by atoms with van der Waals surface area (Å²) in [5.74, 6) is 3.04. The summed E-state index contributed by atoms with van der Waals surface area (Å²) in [7, 11) is 0. The minimum absolute atomic E-state index is 0.600. The molecule has 0 bridgehead atoms. The average Bonchev–Trinajstić information content (AvgIpc) is 2.38. The molecule has 1 nitrogen and oxygen atoms in total. The van der Waals surface area contributed by atoms with Crippen LogP contribution in [0, 0.1) is 17.8 Å². The Morgan fingerprint density at radius 1 is 1.10 bits per heavy atom. The molecule has 1 heteroatoms. The molecular weight excluding hydrogens is 242 g/mol. The van der Waals surface area contributed by atoms with Gasteiger partial charge in [-0.25, -0.2) is 0 Å². The SMILES string of the molecule is CC1CCC(C(C)C)C(Nc2cccc(C(C)C)c2)C1. The first-order valence-corrected chi connectivity index (χ1v) is 8.34. The Balaban J connectivity index is 2.11. The van der Waals surface area contributed by atoms with Crippen molar-refractivity contribution in [2.75, 3.05) is 5.32 Å². The number of nitrogens with one attached hydrogen (secondary N) is 1. The van der Waals surface area contributed by atoms with E-state index in [-0.39, 0.29) is 0 Å². The monoisotopic (exact) mass is 273 g/mol. The molecule has 1 N–H and O–H groups in total. The average molecular weight is 273 g/mol. The predicted molar refractivity (Wildman–Crippen MR) is 89.3 cm³/mol. The third kappa shape index (κ3) is 3.77. The summed E-state index contributed by atoms with van der Waals surface area (Å²) in [6.07, 6.45) is 4.09. The van der Waals surface area contributed by atoms with E-state index in [0.29, 0.717) is 12.0 Å². The van der Waals surface area contributed by atoms with Gasteiger partial charge in [-0.3, -0.25) is 0 Å². The van der Waals surface area contributed by atoms with Crippen LogP contribution in [0.15, 0.2) is 24.3 Å². The summed E-state index contributed by atoms with van der Waals surface area (Å²) in [4.78, 5) is 0. The molecule has 0 heterocycles. The third-order valence-corrected chi connectivity index (χ3v) is 4.93. The van der Waals surface area contributed by atoms with Gasteiger partial charge in [-0.2, -0.15) is 0 Å². The molecule has 0 aromatic heterocycles. The van der Waals surface area contributed by atoms with Gasteiger partial charge in [0.15, 0.2) is 0 Å². The maximum Gasteiger partial charge on any atom is 0.0345 e. The summed E-state index contributed by atoms with van der Waals surface area (Å²) >= 11 is 0. The smallest absolute Gasteiger partial charge is 0.0345 e. The summed E-state index contributed by atoms with van der Waals surface area (Å²) < 4.78 is 0. The third-order valence-electron chi connectivity index (χ3n) is 4.93. The summed E-state index contributed by atoms with van der Waals surface area (Å²) in [6.45, 7) is 11.7. The molecule has 0 radical (unpaired) electrons. The lowest BCUT2D eigenvalue weighted by Crippen LogP contribution is -2.37. The molecule has 1 aliphatic rings. The van der Waals surface area contributed by atoms with E-state index in [1.165, 1.54) is 30.5 Å². The van der Waals surface area contributed by atoms with Crippen molar-refractivity contribution in [2.24, 2.45) is 17.8 Å². The van der Waals surface area contributed by atoms with Gasteiger partial charge in [-0.05, 0) is 54.2 Å². The van der Waals surface area contributed by atoms with E-state index in [1.54, 1.807) is 0 Å². The summed E-state index contributed by atoms with van der Waals surface area (Å²) in [5.41, 5.74) is 2.74. The van der Waals surface area contributed by atoms with Crippen LogP contribution in [0.25, 0.3) is 0 Å². The molecule has 20 heavy (non-hydrogen) atoms. The highest BCUT2D eigenvalue weighted by atomic mass is 14.9. The van der Waals surface area contributed by atoms with Gasteiger partial charge < -0.3 is 5.32 Å². The molecule has 1 saturated carbocycles. The van der Waals surface area contributed by atoms with E-state index in [0.717, 1.165) is 17.8 Å². The molecule has 1 aromatic carbocycles. The number of hydrogen-bond acceptors (Lipinski definition) is 1. The van der Waals surface area contributed by atoms with Gasteiger partial charge in [0.2, 0.25) is 0 Å². The first-order chi connectivity index (χ1) is 9.47. The van der Waals surface area contributed by atoms with E-state index in [9.17, 15) is 0 Å². The highest BCUT2D eigenvalue weighted by molar-refractivity contribution is 5.47. The van der Waals surface area contributed by atoms with Crippen LogP contribution in [-0.2, 0) is 0 Å². The van der Waals surface area contributed by atoms with Crippen LogP contribution in [0.3, 0.4) is 0 Å². The maximum atomic E-state index is 3.84. The number of anilines is 1. The lowest BCUT2D eigenvalue weighted by Gasteiger charge is -2.38. The van der Waals surface area contributed by atoms with Crippen LogP contribution in [0.1, 0.15) is 65.4 Å². The second kappa shape index (κ2) is 6.65. The van der Waals surface area contributed by atoms with Crippen molar-refractivity contribution in [3.63, 3.8) is 0 Å². The van der Waals surface area contributed by atoms with E-state index in [4.69, 9.17) is 0 Å². The van der Waals surface area contributed by atoms with E-state index in [2.05, 4.69) is 64.2 Å². The van der Waals surface area contributed by atoms with Crippen LogP contribution in [0.5, 0.6) is 0 Å². The Morgan fingerprint density at radius 3 is 2.50 bits per heavy atom. The van der Waals surface area contributed by atoms with Gasteiger partial charge in [0.05, 0.1) is 0 Å². The van der Waals surface area contributed by atoms with Crippen LogP contribution < -0.4 is 5.32 Å². The molecule has 1 aromatic rings. The standard InChI is InChI=1S/C19H31N/c1-13(2)16-7-6-8-17(12-16)20-19-11-15(5)9-10-18(19)14(3)4/h6-8,12-15,18-20H,9-11H2,1-5H3. The molecule has 2 rings (SSSR count). The fourth-order valence-electron chi connectivity index (χ4n) is 3.57. The maximum absolute atomic E-state index is 3.84. The highest BCUT2D eigenvalue weighted by Gasteiger charge is 2.30. The van der Waals surface area contributed by atoms with Crippen molar-refractivity contribution in [1.29, 1.82) is 0 Å². The quantitative estimate of drug-likeness (QED) is 0.744. The lowest BCUT2D eigenvalue weighted by molar-refractivity contribution is 0.212. The van der Waals surface area contributed by atoms with Crippen LogP contribution in [0.2, 0.25) is 0 Å².